The summed E-state index contributed by atoms with van der Waals surface area (Å²) in [6.07, 6.45) is 1.07. The van der Waals surface area contributed by atoms with E-state index in [1.54, 1.807) is 11.3 Å². The molecule has 0 unspecified atom stereocenters. The zero-order valence-corrected chi connectivity index (χ0v) is 17.0. The van der Waals surface area contributed by atoms with Crippen molar-refractivity contribution in [3.63, 3.8) is 0 Å². The first-order valence-corrected chi connectivity index (χ1v) is 10.6. The summed E-state index contributed by atoms with van der Waals surface area (Å²) in [7, 11) is 2.07. The van der Waals surface area contributed by atoms with Crippen LogP contribution >= 0.6 is 22.7 Å². The number of aryl methyl sites for hydroxylation is 1. The van der Waals surface area contributed by atoms with Gasteiger partial charge < -0.3 is 15.5 Å². The summed E-state index contributed by atoms with van der Waals surface area (Å²) >= 11 is 3.39. The van der Waals surface area contributed by atoms with Crippen molar-refractivity contribution in [3.8, 4) is 11.4 Å². The lowest BCUT2D eigenvalue weighted by molar-refractivity contribution is 0.740. The lowest BCUT2D eigenvalue weighted by Gasteiger charge is -2.17. The maximum absolute atomic E-state index is 4.81. The number of pyridine rings is 1. The van der Waals surface area contributed by atoms with Crippen molar-refractivity contribution in [2.24, 2.45) is 4.99 Å². The molecule has 0 bridgehead atoms. The van der Waals surface area contributed by atoms with Crippen LogP contribution in [-0.4, -0.2) is 36.1 Å². The van der Waals surface area contributed by atoms with E-state index in [0.29, 0.717) is 0 Å². The number of nitrogens with zero attached hydrogens (tertiary/aromatic N) is 4. The first kappa shape index (κ1) is 17.9. The number of hydrogen-bond acceptors (Lipinski definition) is 8. The molecular formula is C19H22N6S2. The van der Waals surface area contributed by atoms with Crippen LogP contribution in [0.2, 0.25) is 0 Å². The van der Waals surface area contributed by atoms with Gasteiger partial charge in [0.25, 0.3) is 0 Å². The molecule has 0 aliphatic carbocycles. The fourth-order valence-corrected chi connectivity index (χ4v) is 4.48. The maximum Gasteiger partial charge on any atom is 0.197 e. The van der Waals surface area contributed by atoms with Crippen molar-refractivity contribution in [1.82, 2.24) is 15.3 Å². The van der Waals surface area contributed by atoms with Crippen molar-refractivity contribution < 1.29 is 0 Å². The van der Waals surface area contributed by atoms with E-state index in [4.69, 9.17) is 4.98 Å². The Bertz CT molecular complexity index is 945. The van der Waals surface area contributed by atoms with E-state index in [-0.39, 0.29) is 0 Å². The third kappa shape index (κ3) is 4.45. The highest BCUT2D eigenvalue weighted by Gasteiger charge is 2.11. The summed E-state index contributed by atoms with van der Waals surface area (Å²) in [5.41, 5.74) is 1.76. The van der Waals surface area contributed by atoms with Crippen LogP contribution in [0.1, 0.15) is 16.2 Å². The molecule has 140 valence electrons. The molecule has 3 aromatic rings. The Labute approximate surface area is 167 Å². The number of thiazole rings is 1. The number of anilines is 2. The summed E-state index contributed by atoms with van der Waals surface area (Å²) in [6.45, 7) is 4.79. The quantitative estimate of drug-likeness (QED) is 0.681. The van der Waals surface area contributed by atoms with Gasteiger partial charge in [0.15, 0.2) is 11.1 Å². The summed E-state index contributed by atoms with van der Waals surface area (Å²) in [5.74, 6) is 1.74. The average Bonchev–Trinajstić information content (AvgIpc) is 3.32. The second-order valence-electron chi connectivity index (χ2n) is 6.42. The number of nitrogens with one attached hydrogen (secondary N) is 2. The molecule has 3 aromatic heterocycles. The van der Waals surface area contributed by atoms with Crippen LogP contribution < -0.4 is 15.5 Å². The van der Waals surface area contributed by atoms with Gasteiger partial charge in [-0.2, -0.15) is 0 Å². The van der Waals surface area contributed by atoms with Gasteiger partial charge in [0.05, 0.1) is 12.2 Å². The van der Waals surface area contributed by atoms with Crippen molar-refractivity contribution >= 4 is 39.6 Å². The molecule has 0 atom stereocenters. The zero-order chi connectivity index (χ0) is 18.6. The lowest BCUT2D eigenvalue weighted by atomic mass is 10.3. The highest BCUT2D eigenvalue weighted by Crippen LogP contribution is 2.26. The van der Waals surface area contributed by atoms with E-state index in [1.807, 2.05) is 34.9 Å². The highest BCUT2D eigenvalue weighted by molar-refractivity contribution is 7.14. The van der Waals surface area contributed by atoms with E-state index in [1.165, 1.54) is 9.75 Å². The summed E-state index contributed by atoms with van der Waals surface area (Å²) in [4.78, 5) is 18.7. The SMILES string of the molecule is Cc1ccc(CN(C)c2cccc(-c3csc(NC4=NCCCN4)n3)n2)s1. The minimum atomic E-state index is 0.801. The van der Waals surface area contributed by atoms with Crippen molar-refractivity contribution in [3.05, 3.63) is 45.5 Å². The Kier molecular flexibility index (Phi) is 5.35. The third-order valence-corrected chi connectivity index (χ3v) is 5.95. The van der Waals surface area contributed by atoms with Crippen LogP contribution in [0.5, 0.6) is 0 Å². The standard InChI is InChI=1S/C19H22N6S2/c1-13-7-8-14(27-13)11-25(2)17-6-3-5-15(22-17)16-12-26-19(23-16)24-18-20-9-4-10-21-18/h3,5-8,12H,4,9-11H2,1-2H3,(H2,20,21,23,24). The molecule has 8 heteroatoms. The Balaban J connectivity index is 1.48. The van der Waals surface area contributed by atoms with Crippen LogP contribution in [0.25, 0.3) is 11.4 Å². The Morgan fingerprint density at radius 2 is 2.11 bits per heavy atom. The summed E-state index contributed by atoms with van der Waals surface area (Å²) in [6, 6.07) is 10.4. The van der Waals surface area contributed by atoms with E-state index in [2.05, 4.69) is 51.6 Å². The Morgan fingerprint density at radius 1 is 1.19 bits per heavy atom. The second kappa shape index (κ2) is 8.06. The molecule has 0 saturated heterocycles. The van der Waals surface area contributed by atoms with Gasteiger partial charge in [-0.25, -0.2) is 9.97 Å². The van der Waals surface area contributed by atoms with E-state index < -0.39 is 0 Å². The maximum atomic E-state index is 4.81. The third-order valence-electron chi connectivity index (χ3n) is 4.20. The monoisotopic (exact) mass is 398 g/mol. The van der Waals surface area contributed by atoms with E-state index in [0.717, 1.165) is 54.4 Å². The number of aromatic nitrogens is 2. The van der Waals surface area contributed by atoms with Gasteiger partial charge in [-0.3, -0.25) is 4.99 Å². The first-order chi connectivity index (χ1) is 13.2. The number of rotatable bonds is 5. The van der Waals surface area contributed by atoms with E-state index >= 15 is 0 Å². The van der Waals surface area contributed by atoms with Gasteiger partial charge in [-0.1, -0.05) is 6.07 Å². The molecule has 0 aromatic carbocycles. The first-order valence-electron chi connectivity index (χ1n) is 8.92. The van der Waals surface area contributed by atoms with Crippen LogP contribution in [0.4, 0.5) is 10.9 Å². The predicted molar refractivity (Wildman–Crippen MR) is 115 cm³/mol. The predicted octanol–water partition coefficient (Wildman–Crippen LogP) is 3.97. The molecule has 0 fully saturated rings. The molecule has 0 saturated carbocycles. The fourth-order valence-electron chi connectivity index (χ4n) is 2.83. The van der Waals surface area contributed by atoms with Crippen molar-refractivity contribution in [1.29, 1.82) is 0 Å². The van der Waals surface area contributed by atoms with Crippen molar-refractivity contribution in [2.75, 3.05) is 30.4 Å². The number of thiophene rings is 1. The Morgan fingerprint density at radius 3 is 2.89 bits per heavy atom. The topological polar surface area (TPSA) is 65.4 Å². The molecule has 0 amide bonds. The molecule has 4 rings (SSSR count). The molecule has 0 spiro atoms. The number of hydrogen-bond donors (Lipinski definition) is 2. The average molecular weight is 399 g/mol. The molecule has 2 N–H and O–H groups in total. The molecule has 4 heterocycles. The van der Waals surface area contributed by atoms with E-state index in [9.17, 15) is 0 Å². The Hall–Kier alpha value is -2.45. The minimum Gasteiger partial charge on any atom is -0.356 e. The molecule has 1 aliphatic rings. The zero-order valence-electron chi connectivity index (χ0n) is 15.4. The molecule has 1 aliphatic heterocycles. The second-order valence-corrected chi connectivity index (χ2v) is 8.65. The molecule has 0 radical (unpaired) electrons. The largest absolute Gasteiger partial charge is 0.356 e. The highest BCUT2D eigenvalue weighted by atomic mass is 32.1. The molecular weight excluding hydrogens is 376 g/mol. The summed E-state index contributed by atoms with van der Waals surface area (Å²) < 4.78 is 0. The molecule has 6 nitrogen and oxygen atoms in total. The van der Waals surface area contributed by atoms with Gasteiger partial charge >= 0.3 is 0 Å². The molecule has 27 heavy (non-hydrogen) atoms. The number of guanidine groups is 1. The van der Waals surface area contributed by atoms with Gasteiger partial charge in [-0.15, -0.1) is 22.7 Å². The van der Waals surface area contributed by atoms with Crippen LogP contribution in [0, 0.1) is 6.92 Å². The van der Waals surface area contributed by atoms with Crippen LogP contribution in [-0.2, 0) is 6.54 Å². The normalized spacial score (nSPS) is 13.8. The number of aliphatic imine (C=N–C) groups is 1. The van der Waals surface area contributed by atoms with Gasteiger partial charge in [-0.05, 0) is 37.6 Å². The summed E-state index contributed by atoms with van der Waals surface area (Å²) in [5, 5.41) is 9.36. The van der Waals surface area contributed by atoms with Gasteiger partial charge in [0, 0.05) is 35.3 Å². The minimum absolute atomic E-state index is 0.801. The van der Waals surface area contributed by atoms with Gasteiger partial charge in [0.1, 0.15) is 11.5 Å². The smallest absolute Gasteiger partial charge is 0.197 e. The van der Waals surface area contributed by atoms with Gasteiger partial charge in [0.2, 0.25) is 0 Å². The van der Waals surface area contributed by atoms with Crippen LogP contribution in [0.3, 0.4) is 0 Å². The van der Waals surface area contributed by atoms with Crippen molar-refractivity contribution in [2.45, 2.75) is 19.9 Å². The fraction of sp³-hybridized carbons (Fsp3) is 0.316. The van der Waals surface area contributed by atoms with Crippen LogP contribution in [0.15, 0.2) is 40.7 Å². The lowest BCUT2D eigenvalue weighted by Crippen LogP contribution is -2.35.